The predicted octanol–water partition coefficient (Wildman–Crippen LogP) is 5.64. The first-order chi connectivity index (χ1) is 20.5. The second-order valence-electron chi connectivity index (χ2n) is 10.1. The number of hydrogen-bond donors (Lipinski definition) is 3. The third kappa shape index (κ3) is 5.64. The number of nitrogens with zero attached hydrogens (tertiary/aromatic N) is 4. The van der Waals surface area contributed by atoms with Crippen LogP contribution in [0.25, 0.3) is 21.8 Å². The summed E-state index contributed by atoms with van der Waals surface area (Å²) in [6.45, 7) is 1.38. The van der Waals surface area contributed by atoms with Crippen LogP contribution in [0.5, 0.6) is 5.75 Å². The Bertz CT molecular complexity index is 1870. The molecule has 9 nitrogen and oxygen atoms in total. The summed E-state index contributed by atoms with van der Waals surface area (Å²) >= 11 is 0. The van der Waals surface area contributed by atoms with E-state index in [1.54, 1.807) is 24.4 Å². The highest BCUT2D eigenvalue weighted by molar-refractivity contribution is 6.05. The molecule has 0 aliphatic carbocycles. The first-order valence-corrected chi connectivity index (χ1v) is 13.6. The molecule has 3 N–H and O–H groups in total. The van der Waals surface area contributed by atoms with E-state index in [4.69, 9.17) is 4.74 Å². The number of benzene rings is 3. The molecule has 1 aliphatic rings. The molecule has 42 heavy (non-hydrogen) atoms. The van der Waals surface area contributed by atoms with Crippen molar-refractivity contribution in [3.05, 3.63) is 96.1 Å². The second-order valence-corrected chi connectivity index (χ2v) is 10.1. The second kappa shape index (κ2) is 11.7. The Morgan fingerprint density at radius 2 is 2.14 bits per heavy atom. The minimum atomic E-state index is -0.286. The first-order valence-electron chi connectivity index (χ1n) is 13.6. The standard InChI is InChI=1S/C32H28FN7O2/c1-42-30-15-27-26(14-28(30)39-31(41)10-8-24-6-3-11-35-24)32(22(16-34)17-36-27)38-25-7-9-29-21(13-25)18-37-40(29)19-20-4-2-5-23(33)12-20/h2,4-5,7-10,12-15,17-18,24,35H,3,6,11,19H2,1H3,(H,36,38)(H,39,41)/b10-8+. The van der Waals surface area contributed by atoms with Gasteiger partial charge in [-0.05, 0) is 61.3 Å². The average molecular weight is 562 g/mol. The monoisotopic (exact) mass is 561 g/mol. The SMILES string of the molecule is COc1cc2ncc(C#N)c(Nc3ccc4c(cnn4Cc4cccc(F)c4)c3)c2cc1NC(=O)/C=C/C1CCCN1. The van der Waals surface area contributed by atoms with Gasteiger partial charge in [-0.2, -0.15) is 10.4 Å². The highest BCUT2D eigenvalue weighted by Crippen LogP contribution is 2.36. The molecule has 1 atom stereocenters. The van der Waals surface area contributed by atoms with Gasteiger partial charge in [0.2, 0.25) is 5.91 Å². The summed E-state index contributed by atoms with van der Waals surface area (Å²) in [6.07, 6.45) is 8.75. The molecule has 210 valence electrons. The average Bonchev–Trinajstić information content (AvgIpc) is 3.66. The third-order valence-corrected chi connectivity index (χ3v) is 7.28. The van der Waals surface area contributed by atoms with Gasteiger partial charge in [-0.3, -0.25) is 14.5 Å². The van der Waals surface area contributed by atoms with Crippen LogP contribution in [0.15, 0.2) is 79.1 Å². The van der Waals surface area contributed by atoms with Crippen molar-refractivity contribution in [2.45, 2.75) is 25.4 Å². The minimum Gasteiger partial charge on any atom is -0.494 e. The van der Waals surface area contributed by atoms with E-state index < -0.39 is 0 Å². The summed E-state index contributed by atoms with van der Waals surface area (Å²) in [7, 11) is 1.53. The molecule has 5 aromatic rings. The lowest BCUT2D eigenvalue weighted by atomic mass is 10.1. The summed E-state index contributed by atoms with van der Waals surface area (Å²) in [5.74, 6) is -0.106. The molecule has 1 saturated heterocycles. The smallest absolute Gasteiger partial charge is 0.248 e. The molecule has 1 fully saturated rings. The Morgan fingerprint density at radius 3 is 2.93 bits per heavy atom. The molecular formula is C32H28FN7O2. The van der Waals surface area contributed by atoms with Crippen molar-refractivity contribution in [3.63, 3.8) is 0 Å². The van der Waals surface area contributed by atoms with Gasteiger partial charge in [-0.1, -0.05) is 18.2 Å². The van der Waals surface area contributed by atoms with Crippen LogP contribution in [0, 0.1) is 17.1 Å². The normalized spacial score (nSPS) is 14.8. The Morgan fingerprint density at radius 1 is 1.24 bits per heavy atom. The maximum absolute atomic E-state index is 13.7. The lowest BCUT2D eigenvalue weighted by molar-refractivity contribution is -0.111. The summed E-state index contributed by atoms with van der Waals surface area (Å²) < 4.78 is 21.0. The molecule has 0 spiro atoms. The fraction of sp³-hybridized carbons (Fsp3) is 0.188. The van der Waals surface area contributed by atoms with Gasteiger partial charge < -0.3 is 20.7 Å². The molecule has 10 heteroatoms. The topological polar surface area (TPSA) is 117 Å². The number of ether oxygens (including phenoxy) is 1. The van der Waals surface area contributed by atoms with E-state index in [9.17, 15) is 14.4 Å². The van der Waals surface area contributed by atoms with Crippen molar-refractivity contribution in [2.24, 2.45) is 0 Å². The number of anilines is 3. The van der Waals surface area contributed by atoms with Crippen molar-refractivity contribution in [1.29, 1.82) is 5.26 Å². The van der Waals surface area contributed by atoms with E-state index in [1.807, 2.05) is 35.0 Å². The Hall–Kier alpha value is -5.27. The number of amides is 1. The third-order valence-electron chi connectivity index (χ3n) is 7.28. The fourth-order valence-electron chi connectivity index (χ4n) is 5.20. The number of rotatable bonds is 8. The molecule has 3 aromatic carbocycles. The Kier molecular flexibility index (Phi) is 7.49. The number of fused-ring (bicyclic) bond motifs is 2. The molecule has 1 aliphatic heterocycles. The molecule has 1 unspecified atom stereocenters. The lowest BCUT2D eigenvalue weighted by Gasteiger charge is -2.15. The number of nitrogens with one attached hydrogen (secondary N) is 3. The van der Waals surface area contributed by atoms with Crippen LogP contribution in [0.3, 0.4) is 0 Å². The van der Waals surface area contributed by atoms with Crippen LogP contribution in [0.1, 0.15) is 24.0 Å². The van der Waals surface area contributed by atoms with Gasteiger partial charge in [-0.15, -0.1) is 0 Å². The highest BCUT2D eigenvalue weighted by atomic mass is 19.1. The number of pyridine rings is 1. The van der Waals surface area contributed by atoms with E-state index in [0.717, 1.165) is 41.5 Å². The van der Waals surface area contributed by atoms with Crippen LogP contribution >= 0.6 is 0 Å². The van der Waals surface area contributed by atoms with E-state index in [1.165, 1.54) is 31.5 Å². The molecule has 0 saturated carbocycles. The van der Waals surface area contributed by atoms with Crippen molar-refractivity contribution in [3.8, 4) is 11.8 Å². The molecule has 2 aromatic heterocycles. The quantitative estimate of drug-likeness (QED) is 0.210. The van der Waals surface area contributed by atoms with Crippen LogP contribution in [-0.2, 0) is 11.3 Å². The van der Waals surface area contributed by atoms with E-state index in [-0.39, 0.29) is 17.8 Å². The fourth-order valence-corrected chi connectivity index (χ4v) is 5.20. The summed E-state index contributed by atoms with van der Waals surface area (Å²) in [4.78, 5) is 17.2. The van der Waals surface area contributed by atoms with E-state index in [0.29, 0.717) is 40.1 Å². The Balaban J connectivity index is 1.31. The number of methoxy groups -OCH3 is 1. The molecule has 0 bridgehead atoms. The summed E-state index contributed by atoms with van der Waals surface area (Å²) in [5, 5.41) is 25.5. The van der Waals surface area contributed by atoms with Crippen LogP contribution in [0.2, 0.25) is 0 Å². The first kappa shape index (κ1) is 26.9. The number of halogens is 1. The van der Waals surface area contributed by atoms with Crippen molar-refractivity contribution in [1.82, 2.24) is 20.1 Å². The zero-order valence-electron chi connectivity index (χ0n) is 22.9. The zero-order valence-corrected chi connectivity index (χ0v) is 22.9. The molecular weight excluding hydrogens is 533 g/mol. The van der Waals surface area contributed by atoms with Gasteiger partial charge in [0.05, 0.1) is 47.8 Å². The van der Waals surface area contributed by atoms with Crippen molar-refractivity contribution < 1.29 is 13.9 Å². The molecule has 6 rings (SSSR count). The lowest BCUT2D eigenvalue weighted by Crippen LogP contribution is -2.19. The van der Waals surface area contributed by atoms with Gasteiger partial charge in [0, 0.05) is 40.8 Å². The maximum Gasteiger partial charge on any atom is 0.248 e. The number of carbonyl (C=O) groups excluding carboxylic acids is 1. The largest absolute Gasteiger partial charge is 0.494 e. The van der Waals surface area contributed by atoms with Crippen LogP contribution < -0.4 is 20.7 Å². The maximum atomic E-state index is 13.7. The Labute approximate surface area is 241 Å². The number of nitriles is 1. The van der Waals surface area contributed by atoms with Crippen molar-refractivity contribution >= 4 is 44.8 Å². The van der Waals surface area contributed by atoms with E-state index >= 15 is 0 Å². The van der Waals surface area contributed by atoms with Gasteiger partial charge in [0.15, 0.2) is 0 Å². The summed E-state index contributed by atoms with van der Waals surface area (Å²) in [5.41, 5.74) is 4.41. The number of aromatic nitrogens is 3. The number of carbonyl (C=O) groups is 1. The van der Waals surface area contributed by atoms with Crippen molar-refractivity contribution in [2.75, 3.05) is 24.3 Å². The summed E-state index contributed by atoms with van der Waals surface area (Å²) in [6, 6.07) is 18.1. The van der Waals surface area contributed by atoms with Gasteiger partial charge >= 0.3 is 0 Å². The molecule has 1 amide bonds. The molecule has 3 heterocycles. The van der Waals surface area contributed by atoms with E-state index in [2.05, 4.69) is 32.1 Å². The van der Waals surface area contributed by atoms with Gasteiger partial charge in [-0.25, -0.2) is 4.39 Å². The van der Waals surface area contributed by atoms with Crippen LogP contribution in [0.4, 0.5) is 21.5 Å². The zero-order chi connectivity index (χ0) is 29.1. The minimum absolute atomic E-state index is 0.193. The molecule has 0 radical (unpaired) electrons. The highest BCUT2D eigenvalue weighted by Gasteiger charge is 2.16. The number of hydrogen-bond acceptors (Lipinski definition) is 7. The predicted molar refractivity (Wildman–Crippen MR) is 160 cm³/mol. The van der Waals surface area contributed by atoms with Gasteiger partial charge in [0.1, 0.15) is 17.6 Å². The van der Waals surface area contributed by atoms with Gasteiger partial charge in [0.25, 0.3) is 0 Å². The van der Waals surface area contributed by atoms with Crippen LogP contribution in [-0.4, -0.2) is 40.4 Å².